The molecule has 0 fully saturated rings. The van der Waals surface area contributed by atoms with Gasteiger partial charge in [-0.25, -0.2) is 4.98 Å². The van der Waals surface area contributed by atoms with E-state index in [1.807, 2.05) is 20.8 Å². The molecule has 1 heterocycles. The molecule has 0 aliphatic rings. The van der Waals surface area contributed by atoms with Gasteiger partial charge in [0.15, 0.2) is 0 Å². The molecule has 0 saturated heterocycles. The van der Waals surface area contributed by atoms with Gasteiger partial charge in [-0.1, -0.05) is 0 Å². The second kappa shape index (κ2) is 5.77. The van der Waals surface area contributed by atoms with Crippen molar-refractivity contribution in [2.75, 3.05) is 11.5 Å². The Morgan fingerprint density at radius 1 is 1.43 bits per heavy atom. The fourth-order valence-corrected chi connectivity index (χ4v) is 2.50. The molecule has 3 N–H and O–H groups in total. The van der Waals surface area contributed by atoms with E-state index >= 15 is 0 Å². The molecule has 6 nitrogen and oxygen atoms in total. The number of nitrogens with zero attached hydrogens (tertiary/aromatic N) is 1. The molecule has 1 aromatic carbocycles. The minimum absolute atomic E-state index is 0.149. The van der Waals surface area contributed by atoms with Gasteiger partial charge in [0.05, 0.1) is 23.0 Å². The smallest absolute Gasteiger partial charge is 0.316 e. The third-order valence-corrected chi connectivity index (χ3v) is 3.58. The van der Waals surface area contributed by atoms with Gasteiger partial charge in [-0.2, -0.15) is 0 Å². The van der Waals surface area contributed by atoms with E-state index in [0.29, 0.717) is 21.5 Å². The number of nitrogen functional groups attached to an aromatic ring is 1. The summed E-state index contributed by atoms with van der Waals surface area (Å²) >= 11 is 1.26. The summed E-state index contributed by atoms with van der Waals surface area (Å²) in [5.41, 5.74) is 6.14. The van der Waals surface area contributed by atoms with Crippen LogP contribution in [-0.2, 0) is 9.53 Å². The van der Waals surface area contributed by atoms with Crippen LogP contribution in [0.1, 0.15) is 20.8 Å². The molecule has 2 aromatic rings. The number of aromatic amines is 1. The lowest BCUT2D eigenvalue weighted by molar-refractivity contribution is -0.151. The van der Waals surface area contributed by atoms with Crippen LogP contribution in [0.4, 0.5) is 5.69 Å². The first-order valence-electron chi connectivity index (χ1n) is 6.38. The average Bonchev–Trinajstić information content (AvgIpc) is 2.35. The summed E-state index contributed by atoms with van der Waals surface area (Å²) < 4.78 is 5.23. The van der Waals surface area contributed by atoms with Crippen molar-refractivity contribution in [1.82, 2.24) is 9.97 Å². The molecular formula is C14H17N3O3S. The Balaban J connectivity index is 2.18. The van der Waals surface area contributed by atoms with Gasteiger partial charge in [0.2, 0.25) is 0 Å². The van der Waals surface area contributed by atoms with Crippen molar-refractivity contribution in [1.29, 1.82) is 0 Å². The molecule has 0 unspecified atom stereocenters. The first-order valence-corrected chi connectivity index (χ1v) is 7.36. The normalized spacial score (nSPS) is 11.6. The monoisotopic (exact) mass is 307 g/mol. The second-order valence-corrected chi connectivity index (χ2v) is 6.53. The number of H-pyrrole nitrogens is 1. The number of carbonyl (C=O) groups excluding carboxylic acids is 1. The summed E-state index contributed by atoms with van der Waals surface area (Å²) in [5.74, 6) is -0.165. The summed E-state index contributed by atoms with van der Waals surface area (Å²) in [6.45, 7) is 5.45. The first-order chi connectivity index (χ1) is 9.76. The number of carbonyl (C=O) groups is 1. The number of benzene rings is 1. The molecule has 21 heavy (non-hydrogen) atoms. The lowest BCUT2D eigenvalue weighted by Crippen LogP contribution is -2.24. The fourth-order valence-electron chi connectivity index (χ4n) is 1.75. The van der Waals surface area contributed by atoms with Gasteiger partial charge in [-0.15, -0.1) is 11.8 Å². The van der Waals surface area contributed by atoms with Crippen LogP contribution in [0.5, 0.6) is 0 Å². The zero-order valence-electron chi connectivity index (χ0n) is 12.1. The van der Waals surface area contributed by atoms with Crippen LogP contribution in [-0.4, -0.2) is 27.3 Å². The second-order valence-electron chi connectivity index (χ2n) is 5.51. The number of thioether (sulfide) groups is 1. The summed E-state index contributed by atoms with van der Waals surface area (Å²) in [6.07, 6.45) is 1.34. The van der Waals surface area contributed by atoms with Crippen LogP contribution < -0.4 is 11.3 Å². The van der Waals surface area contributed by atoms with Crippen molar-refractivity contribution in [3.05, 3.63) is 28.8 Å². The highest BCUT2D eigenvalue weighted by Gasteiger charge is 2.17. The Hall–Kier alpha value is -2.02. The standard InChI is InChI=1S/C14H17N3O3S/c1-14(2,3)20-12(18)6-21-11-5-10-8(4-9(11)15)13(19)17-7-16-10/h4-5,7H,6,15H2,1-3H3,(H,16,17,19). The summed E-state index contributed by atoms with van der Waals surface area (Å²) in [6, 6.07) is 3.27. The Morgan fingerprint density at radius 2 is 2.14 bits per heavy atom. The fraction of sp³-hybridized carbons (Fsp3) is 0.357. The third-order valence-electron chi connectivity index (χ3n) is 2.54. The van der Waals surface area contributed by atoms with Gasteiger partial charge in [0.1, 0.15) is 5.60 Å². The number of nitrogens with two attached hydrogens (primary N) is 1. The van der Waals surface area contributed by atoms with Gasteiger partial charge < -0.3 is 15.5 Å². The van der Waals surface area contributed by atoms with Gasteiger partial charge >= 0.3 is 5.97 Å². The van der Waals surface area contributed by atoms with E-state index in [1.54, 1.807) is 12.1 Å². The highest BCUT2D eigenvalue weighted by atomic mass is 32.2. The van der Waals surface area contributed by atoms with Gasteiger partial charge in [-0.3, -0.25) is 9.59 Å². The van der Waals surface area contributed by atoms with Crippen LogP contribution in [0.25, 0.3) is 10.9 Å². The van der Waals surface area contributed by atoms with Crippen molar-refractivity contribution in [2.45, 2.75) is 31.3 Å². The third kappa shape index (κ3) is 3.98. The zero-order valence-corrected chi connectivity index (χ0v) is 12.9. The predicted molar refractivity (Wildman–Crippen MR) is 83.3 cm³/mol. The molecule has 112 valence electrons. The minimum atomic E-state index is -0.512. The minimum Gasteiger partial charge on any atom is -0.459 e. The van der Waals surface area contributed by atoms with E-state index in [0.717, 1.165) is 0 Å². The number of anilines is 1. The molecule has 0 radical (unpaired) electrons. The number of hydrogen-bond acceptors (Lipinski definition) is 6. The van der Waals surface area contributed by atoms with E-state index in [4.69, 9.17) is 10.5 Å². The number of nitrogens with one attached hydrogen (secondary N) is 1. The Kier molecular flexibility index (Phi) is 4.22. The van der Waals surface area contributed by atoms with E-state index in [9.17, 15) is 9.59 Å². The molecule has 0 amide bonds. The van der Waals surface area contributed by atoms with Crippen molar-refractivity contribution in [3.8, 4) is 0 Å². The zero-order chi connectivity index (χ0) is 15.6. The molecule has 1 aromatic heterocycles. The van der Waals surface area contributed by atoms with Gasteiger partial charge in [-0.05, 0) is 32.9 Å². The molecule has 0 aliphatic heterocycles. The van der Waals surface area contributed by atoms with Crippen LogP contribution in [0.2, 0.25) is 0 Å². The maximum Gasteiger partial charge on any atom is 0.316 e. The van der Waals surface area contributed by atoms with Gasteiger partial charge in [0, 0.05) is 10.6 Å². The average molecular weight is 307 g/mol. The summed E-state index contributed by atoms with van der Waals surface area (Å²) in [7, 11) is 0. The number of rotatable bonds is 3. The molecule has 0 atom stereocenters. The topological polar surface area (TPSA) is 98.1 Å². The Labute approximate surface area is 126 Å². The van der Waals surface area contributed by atoms with Crippen LogP contribution >= 0.6 is 11.8 Å². The molecule has 0 bridgehead atoms. The number of fused-ring (bicyclic) bond motifs is 1. The van der Waals surface area contributed by atoms with Gasteiger partial charge in [0.25, 0.3) is 5.56 Å². The van der Waals surface area contributed by atoms with E-state index < -0.39 is 5.60 Å². The first kappa shape index (κ1) is 15.4. The SMILES string of the molecule is CC(C)(C)OC(=O)CSc1cc2nc[nH]c(=O)c2cc1N. The lowest BCUT2D eigenvalue weighted by Gasteiger charge is -2.19. The molecule has 0 aliphatic carbocycles. The van der Waals surface area contributed by atoms with Crippen molar-refractivity contribution < 1.29 is 9.53 Å². The van der Waals surface area contributed by atoms with Crippen LogP contribution in [0.15, 0.2) is 28.2 Å². The van der Waals surface area contributed by atoms with Crippen molar-refractivity contribution in [2.24, 2.45) is 0 Å². The number of esters is 1. The predicted octanol–water partition coefficient (Wildman–Crippen LogP) is 1.94. The Morgan fingerprint density at radius 3 is 2.81 bits per heavy atom. The van der Waals surface area contributed by atoms with E-state index in [1.165, 1.54) is 18.1 Å². The highest BCUT2D eigenvalue weighted by molar-refractivity contribution is 8.00. The quantitative estimate of drug-likeness (QED) is 0.511. The van der Waals surface area contributed by atoms with E-state index in [2.05, 4.69) is 9.97 Å². The van der Waals surface area contributed by atoms with Crippen molar-refractivity contribution in [3.63, 3.8) is 0 Å². The molecular weight excluding hydrogens is 290 g/mol. The maximum atomic E-state index is 11.7. The molecule has 0 saturated carbocycles. The lowest BCUT2D eigenvalue weighted by atomic mass is 10.2. The van der Waals surface area contributed by atoms with Crippen LogP contribution in [0, 0.1) is 0 Å². The summed E-state index contributed by atoms with van der Waals surface area (Å²) in [5, 5.41) is 0.427. The number of ether oxygens (including phenoxy) is 1. The largest absolute Gasteiger partial charge is 0.459 e. The highest BCUT2D eigenvalue weighted by Crippen LogP contribution is 2.28. The molecule has 7 heteroatoms. The van der Waals surface area contributed by atoms with E-state index in [-0.39, 0.29) is 17.3 Å². The van der Waals surface area contributed by atoms with Crippen molar-refractivity contribution >= 4 is 34.3 Å². The number of hydrogen-bond donors (Lipinski definition) is 2. The summed E-state index contributed by atoms with van der Waals surface area (Å²) in [4.78, 5) is 30.6. The number of aromatic nitrogens is 2. The van der Waals surface area contributed by atoms with Crippen LogP contribution in [0.3, 0.4) is 0 Å². The molecule has 0 spiro atoms. The maximum absolute atomic E-state index is 11.7. The molecule has 2 rings (SSSR count). The Bertz CT molecular complexity index is 734.